The molecule has 0 heterocycles. The molecular formula is C22H25N3O4. The predicted octanol–water partition coefficient (Wildman–Crippen LogP) is 2.92. The Morgan fingerprint density at radius 2 is 1.59 bits per heavy atom. The van der Waals surface area contributed by atoms with Crippen LogP contribution >= 0.6 is 0 Å². The van der Waals surface area contributed by atoms with Crippen molar-refractivity contribution in [1.29, 1.82) is 0 Å². The first-order valence-electron chi connectivity index (χ1n) is 9.61. The fourth-order valence-corrected chi connectivity index (χ4v) is 2.89. The third kappa shape index (κ3) is 5.13. The van der Waals surface area contributed by atoms with Crippen molar-refractivity contribution >= 4 is 23.4 Å². The summed E-state index contributed by atoms with van der Waals surface area (Å²) in [5.41, 5.74) is 6.02. The van der Waals surface area contributed by atoms with Gasteiger partial charge in [0.05, 0.1) is 17.4 Å². The minimum Gasteiger partial charge on any atom is -0.491 e. The van der Waals surface area contributed by atoms with E-state index in [-0.39, 0.29) is 17.9 Å². The van der Waals surface area contributed by atoms with E-state index in [1.54, 1.807) is 55.6 Å². The molecule has 0 atom stereocenters. The Bertz CT molecular complexity index is 905. The molecule has 0 aliphatic heterocycles. The summed E-state index contributed by atoms with van der Waals surface area (Å²) in [6, 6.07) is 13.4. The molecule has 1 fully saturated rings. The zero-order chi connectivity index (χ0) is 21.0. The van der Waals surface area contributed by atoms with E-state index >= 15 is 0 Å². The van der Waals surface area contributed by atoms with E-state index in [2.05, 4.69) is 10.9 Å². The molecule has 2 N–H and O–H groups in total. The molecule has 1 aliphatic rings. The number of nitrogens with one attached hydrogen (secondary N) is 2. The van der Waals surface area contributed by atoms with Gasteiger partial charge in [-0.25, -0.2) is 0 Å². The van der Waals surface area contributed by atoms with Gasteiger partial charge < -0.3 is 9.64 Å². The van der Waals surface area contributed by atoms with Crippen LogP contribution in [0.15, 0.2) is 48.5 Å². The predicted molar refractivity (Wildman–Crippen MR) is 110 cm³/mol. The lowest BCUT2D eigenvalue weighted by atomic mass is 10.1. The zero-order valence-electron chi connectivity index (χ0n) is 16.8. The molecule has 0 radical (unpaired) electrons. The van der Waals surface area contributed by atoms with Gasteiger partial charge in [-0.15, -0.1) is 0 Å². The topological polar surface area (TPSA) is 87.7 Å². The molecular weight excluding hydrogens is 370 g/mol. The molecule has 29 heavy (non-hydrogen) atoms. The molecule has 3 rings (SSSR count). The quantitative estimate of drug-likeness (QED) is 0.736. The highest BCUT2D eigenvalue weighted by Gasteiger charge is 2.33. The van der Waals surface area contributed by atoms with E-state index in [1.165, 1.54) is 4.90 Å². The SMILES string of the molecule is CC(C)Oc1ccc(C(=O)NNC(=O)c2ccccc2N(C)C(=O)C2CC2)cc1. The fraction of sp³-hybridized carbons (Fsp3) is 0.318. The van der Waals surface area contributed by atoms with E-state index in [0.717, 1.165) is 12.8 Å². The van der Waals surface area contributed by atoms with Gasteiger partial charge in [-0.05, 0) is 63.1 Å². The summed E-state index contributed by atoms with van der Waals surface area (Å²) in [4.78, 5) is 38.8. The Balaban J connectivity index is 1.63. The van der Waals surface area contributed by atoms with Gasteiger partial charge in [0.1, 0.15) is 5.75 Å². The van der Waals surface area contributed by atoms with Gasteiger partial charge in [-0.3, -0.25) is 25.2 Å². The monoisotopic (exact) mass is 395 g/mol. The van der Waals surface area contributed by atoms with Gasteiger partial charge >= 0.3 is 0 Å². The van der Waals surface area contributed by atoms with Crippen LogP contribution in [0.3, 0.4) is 0 Å². The van der Waals surface area contributed by atoms with E-state index in [4.69, 9.17) is 4.74 Å². The third-order valence-corrected chi connectivity index (χ3v) is 4.55. The van der Waals surface area contributed by atoms with Crippen molar-refractivity contribution in [2.45, 2.75) is 32.8 Å². The van der Waals surface area contributed by atoms with Crippen molar-refractivity contribution in [1.82, 2.24) is 10.9 Å². The smallest absolute Gasteiger partial charge is 0.271 e. The van der Waals surface area contributed by atoms with E-state index in [1.807, 2.05) is 13.8 Å². The van der Waals surface area contributed by atoms with Gasteiger partial charge in [0.2, 0.25) is 5.91 Å². The number of carbonyl (C=O) groups is 3. The minimum absolute atomic E-state index is 0.00186. The highest BCUT2D eigenvalue weighted by atomic mass is 16.5. The first-order valence-corrected chi connectivity index (χ1v) is 9.61. The van der Waals surface area contributed by atoms with Gasteiger partial charge in [0.25, 0.3) is 11.8 Å². The van der Waals surface area contributed by atoms with Crippen LogP contribution in [0.2, 0.25) is 0 Å². The highest BCUT2D eigenvalue weighted by Crippen LogP contribution is 2.33. The van der Waals surface area contributed by atoms with Crippen LogP contribution < -0.4 is 20.5 Å². The first-order chi connectivity index (χ1) is 13.9. The van der Waals surface area contributed by atoms with Crippen LogP contribution in [0.4, 0.5) is 5.69 Å². The summed E-state index contributed by atoms with van der Waals surface area (Å²) in [6.45, 7) is 3.84. The van der Waals surface area contributed by atoms with Gasteiger partial charge in [0.15, 0.2) is 0 Å². The molecule has 152 valence electrons. The zero-order valence-corrected chi connectivity index (χ0v) is 16.8. The number of amides is 3. The molecule has 1 aliphatic carbocycles. The normalized spacial score (nSPS) is 13.0. The Labute approximate surface area is 170 Å². The number of hydrogen-bond donors (Lipinski definition) is 2. The van der Waals surface area contributed by atoms with Crippen molar-refractivity contribution in [2.24, 2.45) is 5.92 Å². The number of rotatable bonds is 6. The third-order valence-electron chi connectivity index (χ3n) is 4.55. The largest absolute Gasteiger partial charge is 0.491 e. The number of hydrogen-bond acceptors (Lipinski definition) is 4. The number of benzene rings is 2. The number of ether oxygens (including phenoxy) is 1. The standard InChI is InChI=1S/C22H25N3O4/c1-14(2)29-17-12-10-15(11-13-17)20(26)23-24-21(27)18-6-4-5-7-19(18)25(3)22(28)16-8-9-16/h4-7,10-14,16H,8-9H2,1-3H3,(H,23,26)(H,24,27). The maximum absolute atomic E-state index is 12.6. The molecule has 2 aromatic rings. The van der Waals surface area contributed by atoms with E-state index in [9.17, 15) is 14.4 Å². The summed E-state index contributed by atoms with van der Waals surface area (Å²) in [7, 11) is 1.66. The molecule has 7 heteroatoms. The average molecular weight is 395 g/mol. The van der Waals surface area contributed by atoms with Gasteiger partial charge in [-0.1, -0.05) is 12.1 Å². The van der Waals surface area contributed by atoms with Crippen molar-refractivity contribution in [2.75, 3.05) is 11.9 Å². The summed E-state index contributed by atoms with van der Waals surface area (Å²) >= 11 is 0. The summed E-state index contributed by atoms with van der Waals surface area (Å²) in [5, 5.41) is 0. The molecule has 1 saturated carbocycles. The highest BCUT2D eigenvalue weighted by molar-refractivity contribution is 6.06. The lowest BCUT2D eigenvalue weighted by molar-refractivity contribution is -0.119. The fourth-order valence-electron chi connectivity index (χ4n) is 2.89. The lowest BCUT2D eigenvalue weighted by Crippen LogP contribution is -2.42. The number of hydrazine groups is 1. The molecule has 3 amide bonds. The number of carbonyl (C=O) groups excluding carboxylic acids is 3. The van der Waals surface area contributed by atoms with Crippen LogP contribution in [-0.2, 0) is 4.79 Å². The Hall–Kier alpha value is -3.35. The molecule has 0 spiro atoms. The van der Waals surface area contributed by atoms with Gasteiger partial charge in [-0.2, -0.15) is 0 Å². The number of nitrogens with zero attached hydrogens (tertiary/aromatic N) is 1. The molecule has 0 bridgehead atoms. The summed E-state index contributed by atoms with van der Waals surface area (Å²) < 4.78 is 5.55. The maximum Gasteiger partial charge on any atom is 0.271 e. The Kier molecular flexibility index (Phi) is 6.16. The van der Waals surface area contributed by atoms with Gasteiger partial charge in [0, 0.05) is 18.5 Å². The lowest BCUT2D eigenvalue weighted by Gasteiger charge is -2.20. The summed E-state index contributed by atoms with van der Waals surface area (Å²) in [5.74, 6) is -0.243. The van der Waals surface area contributed by atoms with Crippen molar-refractivity contribution in [3.05, 3.63) is 59.7 Å². The Morgan fingerprint density at radius 1 is 0.966 bits per heavy atom. The second kappa shape index (κ2) is 8.77. The van der Waals surface area contributed by atoms with Crippen LogP contribution in [0.1, 0.15) is 47.4 Å². The molecule has 2 aromatic carbocycles. The average Bonchev–Trinajstić information content (AvgIpc) is 3.56. The first kappa shape index (κ1) is 20.4. The van der Waals surface area contributed by atoms with E-state index < -0.39 is 11.8 Å². The molecule has 0 saturated heterocycles. The van der Waals surface area contributed by atoms with Crippen LogP contribution in [0, 0.1) is 5.92 Å². The molecule has 7 nitrogen and oxygen atoms in total. The van der Waals surface area contributed by atoms with E-state index in [0.29, 0.717) is 22.6 Å². The second-order valence-corrected chi connectivity index (χ2v) is 7.29. The second-order valence-electron chi connectivity index (χ2n) is 7.29. The Morgan fingerprint density at radius 3 is 2.21 bits per heavy atom. The van der Waals surface area contributed by atoms with Crippen molar-refractivity contribution < 1.29 is 19.1 Å². The molecule has 0 aromatic heterocycles. The van der Waals surface area contributed by atoms with Crippen molar-refractivity contribution in [3.8, 4) is 5.75 Å². The summed E-state index contributed by atoms with van der Waals surface area (Å²) in [6.07, 6.45) is 1.81. The van der Waals surface area contributed by atoms with Crippen molar-refractivity contribution in [3.63, 3.8) is 0 Å². The maximum atomic E-state index is 12.6. The van der Waals surface area contributed by atoms with Crippen LogP contribution in [-0.4, -0.2) is 30.9 Å². The molecule has 0 unspecified atom stereocenters. The van der Waals surface area contributed by atoms with Crippen LogP contribution in [0.5, 0.6) is 5.75 Å². The van der Waals surface area contributed by atoms with Crippen LogP contribution in [0.25, 0.3) is 0 Å². The number of anilines is 1. The minimum atomic E-state index is -0.496. The number of para-hydroxylation sites is 1.